The average molecular weight is 213 g/mol. The Morgan fingerprint density at radius 3 is 2.87 bits per heavy atom. The van der Waals surface area contributed by atoms with E-state index in [1.54, 1.807) is 0 Å². The van der Waals surface area contributed by atoms with Crippen molar-refractivity contribution in [3.8, 4) is 0 Å². The maximum Gasteiger partial charge on any atom is 0.190 e. The summed E-state index contributed by atoms with van der Waals surface area (Å²) in [5.41, 5.74) is 5.71. The van der Waals surface area contributed by atoms with Crippen LogP contribution in [0.15, 0.2) is 4.99 Å². The molecule has 4 nitrogen and oxygen atoms in total. The molecule has 2 N–H and O–H groups in total. The molecule has 1 aliphatic heterocycles. The Bertz CT molecular complexity index is 216. The van der Waals surface area contributed by atoms with Gasteiger partial charge in [-0.2, -0.15) is 0 Å². The second kappa shape index (κ2) is 5.95. The first-order valence-corrected chi connectivity index (χ1v) is 5.68. The van der Waals surface area contributed by atoms with Crippen LogP contribution < -0.4 is 5.73 Å². The number of nitrogens with zero attached hydrogens (tertiary/aromatic N) is 2. The molecule has 0 aliphatic carbocycles. The third kappa shape index (κ3) is 4.51. The lowest BCUT2D eigenvalue weighted by Gasteiger charge is -2.26. The molecule has 4 heteroatoms. The van der Waals surface area contributed by atoms with E-state index in [0.717, 1.165) is 31.9 Å². The highest BCUT2D eigenvalue weighted by Crippen LogP contribution is 2.22. The first-order chi connectivity index (χ1) is 7.09. The summed E-state index contributed by atoms with van der Waals surface area (Å²) in [7, 11) is 3.82. The van der Waals surface area contributed by atoms with Crippen molar-refractivity contribution < 1.29 is 4.74 Å². The van der Waals surface area contributed by atoms with Gasteiger partial charge in [-0.1, -0.05) is 0 Å². The fourth-order valence-corrected chi connectivity index (χ4v) is 1.86. The minimum atomic E-state index is 0.416. The van der Waals surface area contributed by atoms with Crippen molar-refractivity contribution in [1.82, 2.24) is 4.90 Å². The zero-order valence-corrected chi connectivity index (χ0v) is 10.1. The summed E-state index contributed by atoms with van der Waals surface area (Å²) in [6.45, 7) is 3.88. The zero-order valence-electron chi connectivity index (χ0n) is 10.1. The molecule has 0 radical (unpaired) electrons. The van der Waals surface area contributed by atoms with Crippen LogP contribution >= 0.6 is 0 Å². The molecule has 0 aromatic rings. The standard InChI is InChI=1S/C11H23N3O/c1-9-8-10(5-7-15-9)4-6-13-11(12)14(2)3/h9-10H,4-8H2,1-3H3,(H2,12,13)/t9-,10+/m0/s1. The van der Waals surface area contributed by atoms with Gasteiger partial charge in [-0.15, -0.1) is 0 Å². The van der Waals surface area contributed by atoms with E-state index < -0.39 is 0 Å². The van der Waals surface area contributed by atoms with E-state index in [0.29, 0.717) is 12.1 Å². The summed E-state index contributed by atoms with van der Waals surface area (Å²) in [6, 6.07) is 0. The van der Waals surface area contributed by atoms with Gasteiger partial charge in [-0.25, -0.2) is 0 Å². The SMILES string of the molecule is C[C@H]1C[C@H](CCN=C(N)N(C)C)CCO1. The summed E-state index contributed by atoms with van der Waals surface area (Å²) in [5, 5.41) is 0. The van der Waals surface area contributed by atoms with Gasteiger partial charge in [0.1, 0.15) is 0 Å². The largest absolute Gasteiger partial charge is 0.378 e. The highest BCUT2D eigenvalue weighted by molar-refractivity contribution is 5.77. The molecular weight excluding hydrogens is 190 g/mol. The lowest BCUT2D eigenvalue weighted by atomic mass is 9.93. The van der Waals surface area contributed by atoms with Crippen molar-refractivity contribution in [2.75, 3.05) is 27.2 Å². The minimum absolute atomic E-state index is 0.416. The topological polar surface area (TPSA) is 50.8 Å². The van der Waals surface area contributed by atoms with Crippen LogP contribution in [0, 0.1) is 5.92 Å². The van der Waals surface area contributed by atoms with Crippen molar-refractivity contribution in [1.29, 1.82) is 0 Å². The predicted molar refractivity (Wildman–Crippen MR) is 62.9 cm³/mol. The molecule has 0 amide bonds. The van der Waals surface area contributed by atoms with Crippen LogP contribution in [0.4, 0.5) is 0 Å². The quantitative estimate of drug-likeness (QED) is 0.563. The van der Waals surface area contributed by atoms with Crippen LogP contribution in [0.25, 0.3) is 0 Å². The van der Waals surface area contributed by atoms with Crippen molar-refractivity contribution in [3.05, 3.63) is 0 Å². The van der Waals surface area contributed by atoms with Gasteiger partial charge in [0, 0.05) is 27.2 Å². The first-order valence-electron chi connectivity index (χ1n) is 5.68. The summed E-state index contributed by atoms with van der Waals surface area (Å²) in [4.78, 5) is 6.16. The van der Waals surface area contributed by atoms with Crippen molar-refractivity contribution in [3.63, 3.8) is 0 Å². The number of ether oxygens (including phenoxy) is 1. The highest BCUT2D eigenvalue weighted by atomic mass is 16.5. The van der Waals surface area contributed by atoms with E-state index in [1.165, 1.54) is 6.42 Å². The number of hydrogen-bond acceptors (Lipinski definition) is 2. The van der Waals surface area contributed by atoms with Crippen LogP contribution in [0.3, 0.4) is 0 Å². The Morgan fingerprint density at radius 2 is 2.27 bits per heavy atom. The lowest BCUT2D eigenvalue weighted by molar-refractivity contribution is 0.00147. The Labute approximate surface area is 92.5 Å². The molecule has 1 heterocycles. The van der Waals surface area contributed by atoms with E-state index >= 15 is 0 Å². The van der Waals surface area contributed by atoms with Gasteiger partial charge in [-0.3, -0.25) is 4.99 Å². The number of hydrogen-bond donors (Lipinski definition) is 1. The second-order valence-electron chi connectivity index (χ2n) is 4.49. The normalized spacial score (nSPS) is 27.8. The van der Waals surface area contributed by atoms with Gasteiger partial charge in [-0.05, 0) is 32.1 Å². The van der Waals surface area contributed by atoms with Gasteiger partial charge >= 0.3 is 0 Å². The molecule has 1 rings (SSSR count). The van der Waals surface area contributed by atoms with E-state index in [1.807, 2.05) is 19.0 Å². The van der Waals surface area contributed by atoms with Crippen molar-refractivity contribution in [2.45, 2.75) is 32.3 Å². The van der Waals surface area contributed by atoms with Gasteiger partial charge in [0.05, 0.1) is 6.10 Å². The van der Waals surface area contributed by atoms with Crippen LogP contribution in [0.1, 0.15) is 26.2 Å². The molecule has 0 aromatic carbocycles. The van der Waals surface area contributed by atoms with Crippen LogP contribution in [0.5, 0.6) is 0 Å². The van der Waals surface area contributed by atoms with Crippen LogP contribution in [-0.2, 0) is 4.74 Å². The molecule has 2 atom stereocenters. The number of nitrogens with two attached hydrogens (primary N) is 1. The highest BCUT2D eigenvalue weighted by Gasteiger charge is 2.18. The van der Waals surface area contributed by atoms with E-state index in [9.17, 15) is 0 Å². The molecule has 1 fully saturated rings. The first kappa shape index (κ1) is 12.3. The van der Waals surface area contributed by atoms with Gasteiger partial charge in [0.25, 0.3) is 0 Å². The molecule has 1 aliphatic rings. The molecule has 15 heavy (non-hydrogen) atoms. The second-order valence-corrected chi connectivity index (χ2v) is 4.49. The Hall–Kier alpha value is -0.770. The molecular formula is C11H23N3O. The van der Waals surface area contributed by atoms with E-state index in [2.05, 4.69) is 11.9 Å². The molecule has 88 valence electrons. The van der Waals surface area contributed by atoms with E-state index in [4.69, 9.17) is 10.5 Å². The van der Waals surface area contributed by atoms with Gasteiger partial charge in [0.2, 0.25) is 0 Å². The molecule has 0 bridgehead atoms. The predicted octanol–water partition coefficient (Wildman–Crippen LogP) is 1.07. The van der Waals surface area contributed by atoms with Gasteiger partial charge in [0.15, 0.2) is 5.96 Å². The molecule has 0 unspecified atom stereocenters. The van der Waals surface area contributed by atoms with Crippen molar-refractivity contribution >= 4 is 5.96 Å². The maximum absolute atomic E-state index is 5.71. The minimum Gasteiger partial charge on any atom is -0.378 e. The third-order valence-corrected chi connectivity index (χ3v) is 2.86. The van der Waals surface area contributed by atoms with E-state index in [-0.39, 0.29) is 0 Å². The zero-order chi connectivity index (χ0) is 11.3. The maximum atomic E-state index is 5.71. The lowest BCUT2D eigenvalue weighted by Crippen LogP contribution is -2.30. The van der Waals surface area contributed by atoms with Gasteiger partial charge < -0.3 is 15.4 Å². The number of guanidine groups is 1. The Kier molecular flexibility index (Phi) is 4.88. The summed E-state index contributed by atoms with van der Waals surface area (Å²) in [5.74, 6) is 1.38. The molecule has 0 saturated carbocycles. The number of rotatable bonds is 3. The Morgan fingerprint density at radius 1 is 1.53 bits per heavy atom. The number of aliphatic imine (C=N–C) groups is 1. The fraction of sp³-hybridized carbons (Fsp3) is 0.909. The Balaban J connectivity index is 2.22. The van der Waals surface area contributed by atoms with Crippen molar-refractivity contribution in [2.24, 2.45) is 16.6 Å². The van der Waals surface area contributed by atoms with Crippen LogP contribution in [0.2, 0.25) is 0 Å². The van der Waals surface area contributed by atoms with Crippen LogP contribution in [-0.4, -0.2) is 44.2 Å². The average Bonchev–Trinajstić information content (AvgIpc) is 2.17. The summed E-state index contributed by atoms with van der Waals surface area (Å²) in [6.07, 6.45) is 3.88. The monoisotopic (exact) mass is 213 g/mol. The third-order valence-electron chi connectivity index (χ3n) is 2.86. The fourth-order valence-electron chi connectivity index (χ4n) is 1.86. The molecule has 0 aromatic heterocycles. The molecule has 1 saturated heterocycles. The molecule has 0 spiro atoms. The summed E-state index contributed by atoms with van der Waals surface area (Å²) < 4.78 is 5.50. The smallest absolute Gasteiger partial charge is 0.190 e. The summed E-state index contributed by atoms with van der Waals surface area (Å²) >= 11 is 0.